The Morgan fingerprint density at radius 2 is 1.87 bits per heavy atom. The van der Waals surface area contributed by atoms with Crippen LogP contribution in [0.1, 0.15) is 68.8 Å². The van der Waals surface area contributed by atoms with E-state index < -0.39 is 11.7 Å². The zero-order valence-corrected chi connectivity index (χ0v) is 17.8. The van der Waals surface area contributed by atoms with E-state index in [0.29, 0.717) is 6.42 Å². The lowest BCUT2D eigenvalue weighted by atomic mass is 10.0. The van der Waals surface area contributed by atoms with E-state index in [1.54, 1.807) is 12.1 Å². The van der Waals surface area contributed by atoms with Gasteiger partial charge < -0.3 is 20.5 Å². The van der Waals surface area contributed by atoms with Crippen LogP contribution in [0.2, 0.25) is 0 Å². The van der Waals surface area contributed by atoms with Gasteiger partial charge in [0.25, 0.3) is 0 Å². The van der Waals surface area contributed by atoms with Gasteiger partial charge in [-0.05, 0) is 62.8 Å². The number of fused-ring (bicyclic) bond motifs is 1. The molecule has 1 aliphatic carbocycles. The number of carbonyl (C=O) groups is 2. The van der Waals surface area contributed by atoms with Crippen molar-refractivity contribution in [3.05, 3.63) is 65.2 Å². The maximum atomic E-state index is 12.6. The van der Waals surface area contributed by atoms with Crippen molar-refractivity contribution < 1.29 is 19.4 Å². The Balaban J connectivity index is 1.61. The highest BCUT2D eigenvalue weighted by Crippen LogP contribution is 2.36. The fourth-order valence-corrected chi connectivity index (χ4v) is 3.78. The van der Waals surface area contributed by atoms with E-state index in [-0.39, 0.29) is 30.2 Å². The second-order valence-corrected chi connectivity index (χ2v) is 8.65. The van der Waals surface area contributed by atoms with Crippen LogP contribution < -0.4 is 10.6 Å². The second-order valence-electron chi connectivity index (χ2n) is 8.65. The molecule has 0 bridgehead atoms. The van der Waals surface area contributed by atoms with Crippen molar-refractivity contribution in [2.75, 3.05) is 0 Å². The standard InChI is InChI=1S/C24H30N2O4/c1-24(2,3)30-23(29)26-19(16-8-5-4-6-9-16)14-15-22(28)25-20-13-12-18-17(20)10-7-11-21(18)27/h4-11,19-20,27H,12-15H2,1-3H3,(H,25,28)(H,26,29). The predicted octanol–water partition coefficient (Wildman–Crippen LogP) is 4.54. The van der Waals surface area contributed by atoms with Crippen LogP contribution in [0.25, 0.3) is 0 Å². The summed E-state index contributed by atoms with van der Waals surface area (Å²) in [5.41, 5.74) is 2.23. The molecule has 6 nitrogen and oxygen atoms in total. The average Bonchev–Trinajstić information content (AvgIpc) is 3.08. The molecule has 30 heavy (non-hydrogen) atoms. The molecule has 6 heteroatoms. The summed E-state index contributed by atoms with van der Waals surface area (Å²) in [6, 6.07) is 14.6. The Hall–Kier alpha value is -3.02. The molecule has 2 aromatic carbocycles. The van der Waals surface area contributed by atoms with Crippen LogP contribution >= 0.6 is 0 Å². The van der Waals surface area contributed by atoms with E-state index in [1.165, 1.54) is 0 Å². The Morgan fingerprint density at radius 1 is 1.13 bits per heavy atom. The van der Waals surface area contributed by atoms with Gasteiger partial charge in [0.05, 0.1) is 12.1 Å². The lowest BCUT2D eigenvalue weighted by molar-refractivity contribution is -0.122. The van der Waals surface area contributed by atoms with Gasteiger partial charge in [-0.25, -0.2) is 4.79 Å². The Labute approximate surface area is 177 Å². The van der Waals surface area contributed by atoms with Crippen LogP contribution in [0.15, 0.2) is 48.5 Å². The molecule has 3 N–H and O–H groups in total. The SMILES string of the molecule is CC(C)(C)OC(=O)NC(CCC(=O)NC1CCc2c(O)cccc21)c1ccccc1. The van der Waals surface area contributed by atoms with Crippen LogP contribution in [0.5, 0.6) is 5.75 Å². The summed E-state index contributed by atoms with van der Waals surface area (Å²) in [6.45, 7) is 5.44. The summed E-state index contributed by atoms with van der Waals surface area (Å²) in [6.07, 6.45) is 1.74. The molecule has 0 aromatic heterocycles. The first kappa shape index (κ1) is 21.7. The Bertz CT molecular complexity index is 890. The number of phenols is 1. The average molecular weight is 411 g/mol. The van der Waals surface area contributed by atoms with Gasteiger partial charge in [-0.3, -0.25) is 4.79 Å². The maximum absolute atomic E-state index is 12.6. The normalized spacial score (nSPS) is 16.4. The van der Waals surface area contributed by atoms with Gasteiger partial charge in [-0.15, -0.1) is 0 Å². The van der Waals surface area contributed by atoms with Crippen molar-refractivity contribution >= 4 is 12.0 Å². The quantitative estimate of drug-likeness (QED) is 0.652. The number of hydrogen-bond donors (Lipinski definition) is 3. The molecule has 3 rings (SSSR count). The number of rotatable bonds is 6. The topological polar surface area (TPSA) is 87.7 Å². The summed E-state index contributed by atoms with van der Waals surface area (Å²) < 4.78 is 5.38. The van der Waals surface area contributed by atoms with Crippen LogP contribution in [-0.2, 0) is 16.0 Å². The molecule has 0 radical (unpaired) electrons. The Morgan fingerprint density at radius 3 is 2.57 bits per heavy atom. The monoisotopic (exact) mass is 410 g/mol. The van der Waals surface area contributed by atoms with Crippen molar-refractivity contribution in [1.82, 2.24) is 10.6 Å². The first-order chi connectivity index (χ1) is 14.2. The minimum atomic E-state index is -0.593. The van der Waals surface area contributed by atoms with E-state index in [1.807, 2.05) is 57.2 Å². The van der Waals surface area contributed by atoms with Crippen molar-refractivity contribution in [1.29, 1.82) is 0 Å². The summed E-state index contributed by atoms with van der Waals surface area (Å²) >= 11 is 0. The molecule has 0 fully saturated rings. The van der Waals surface area contributed by atoms with E-state index >= 15 is 0 Å². The van der Waals surface area contributed by atoms with E-state index in [4.69, 9.17) is 4.74 Å². The van der Waals surface area contributed by atoms with E-state index in [9.17, 15) is 14.7 Å². The third-order valence-corrected chi connectivity index (χ3v) is 5.13. The summed E-state index contributed by atoms with van der Waals surface area (Å²) in [7, 11) is 0. The summed E-state index contributed by atoms with van der Waals surface area (Å²) in [5.74, 6) is 0.207. The predicted molar refractivity (Wildman–Crippen MR) is 115 cm³/mol. The number of benzene rings is 2. The number of ether oxygens (including phenoxy) is 1. The molecule has 0 spiro atoms. The zero-order valence-electron chi connectivity index (χ0n) is 17.8. The van der Waals surface area contributed by atoms with Crippen LogP contribution in [0.4, 0.5) is 4.79 Å². The van der Waals surface area contributed by atoms with Crippen LogP contribution in [-0.4, -0.2) is 22.7 Å². The highest BCUT2D eigenvalue weighted by Gasteiger charge is 2.26. The van der Waals surface area contributed by atoms with Gasteiger partial charge in [0, 0.05) is 6.42 Å². The van der Waals surface area contributed by atoms with Gasteiger partial charge in [-0.2, -0.15) is 0 Å². The third-order valence-electron chi connectivity index (χ3n) is 5.13. The zero-order chi connectivity index (χ0) is 21.7. The number of amides is 2. The molecule has 1 aliphatic rings. The molecule has 0 heterocycles. The minimum Gasteiger partial charge on any atom is -0.508 e. The molecule has 2 amide bonds. The second kappa shape index (κ2) is 9.20. The largest absolute Gasteiger partial charge is 0.508 e. The van der Waals surface area contributed by atoms with Crippen molar-refractivity contribution in [2.45, 2.75) is 64.1 Å². The molecule has 2 aromatic rings. The van der Waals surface area contributed by atoms with Gasteiger partial charge in [0.1, 0.15) is 11.4 Å². The number of phenolic OH excluding ortho intramolecular Hbond substituents is 1. The minimum absolute atomic E-state index is 0.0805. The van der Waals surface area contributed by atoms with Crippen molar-refractivity contribution in [2.24, 2.45) is 0 Å². The van der Waals surface area contributed by atoms with E-state index in [0.717, 1.165) is 29.5 Å². The van der Waals surface area contributed by atoms with Gasteiger partial charge >= 0.3 is 6.09 Å². The molecule has 0 aliphatic heterocycles. The number of alkyl carbamates (subject to hydrolysis) is 1. The number of aromatic hydroxyl groups is 1. The fourth-order valence-electron chi connectivity index (χ4n) is 3.78. The molecular formula is C24H30N2O4. The fraction of sp³-hybridized carbons (Fsp3) is 0.417. The highest BCUT2D eigenvalue weighted by molar-refractivity contribution is 5.77. The molecular weight excluding hydrogens is 380 g/mol. The van der Waals surface area contributed by atoms with Gasteiger partial charge in [0.2, 0.25) is 5.91 Å². The van der Waals surface area contributed by atoms with E-state index in [2.05, 4.69) is 10.6 Å². The lowest BCUT2D eigenvalue weighted by Crippen LogP contribution is -2.35. The third kappa shape index (κ3) is 5.75. The van der Waals surface area contributed by atoms with Crippen molar-refractivity contribution in [3.63, 3.8) is 0 Å². The van der Waals surface area contributed by atoms with Gasteiger partial charge in [-0.1, -0.05) is 42.5 Å². The molecule has 0 saturated heterocycles. The number of nitrogens with one attached hydrogen (secondary N) is 2. The first-order valence-electron chi connectivity index (χ1n) is 10.4. The number of carbonyl (C=O) groups excluding carboxylic acids is 2. The maximum Gasteiger partial charge on any atom is 0.408 e. The van der Waals surface area contributed by atoms with Crippen molar-refractivity contribution in [3.8, 4) is 5.75 Å². The highest BCUT2D eigenvalue weighted by atomic mass is 16.6. The summed E-state index contributed by atoms with van der Waals surface area (Å²) in [4.78, 5) is 24.9. The lowest BCUT2D eigenvalue weighted by Gasteiger charge is -2.24. The molecule has 160 valence electrons. The van der Waals surface area contributed by atoms with Gasteiger partial charge in [0.15, 0.2) is 0 Å². The first-order valence-corrected chi connectivity index (χ1v) is 10.4. The Kier molecular flexibility index (Phi) is 6.65. The van der Waals surface area contributed by atoms with Crippen LogP contribution in [0.3, 0.4) is 0 Å². The molecule has 0 saturated carbocycles. The van der Waals surface area contributed by atoms with Crippen LogP contribution in [0, 0.1) is 0 Å². The smallest absolute Gasteiger partial charge is 0.408 e. The molecule has 2 atom stereocenters. The molecule has 2 unspecified atom stereocenters. The summed E-state index contributed by atoms with van der Waals surface area (Å²) in [5, 5.41) is 15.9. The number of hydrogen-bond acceptors (Lipinski definition) is 4.